The Labute approximate surface area is 156 Å². The standard InChI is InChI=1S/C20H20N4OS/c25-19(9-8-15-5-3-11-26-15)23-17-6-1-7-18-16(17)13-22-20(24-18)14-4-2-10-21-12-14/h2-5,10-13,17H,1,6-9H2,(H,23,25). The first-order chi connectivity index (χ1) is 12.8. The van der Waals surface area contributed by atoms with Crippen LogP contribution in [0.5, 0.6) is 0 Å². The van der Waals surface area contributed by atoms with Crippen LogP contribution >= 0.6 is 11.3 Å². The molecule has 0 bridgehead atoms. The number of hydrogen-bond acceptors (Lipinski definition) is 5. The van der Waals surface area contributed by atoms with Crippen LogP contribution in [0.3, 0.4) is 0 Å². The minimum Gasteiger partial charge on any atom is -0.349 e. The molecule has 3 heterocycles. The Balaban J connectivity index is 1.46. The molecule has 26 heavy (non-hydrogen) atoms. The summed E-state index contributed by atoms with van der Waals surface area (Å²) in [6.07, 6.45) is 9.57. The zero-order valence-electron chi connectivity index (χ0n) is 14.4. The lowest BCUT2D eigenvalue weighted by molar-refractivity contribution is -0.121. The maximum absolute atomic E-state index is 12.3. The van der Waals surface area contributed by atoms with Gasteiger partial charge < -0.3 is 5.32 Å². The van der Waals surface area contributed by atoms with Crippen molar-refractivity contribution >= 4 is 17.2 Å². The maximum atomic E-state index is 12.3. The van der Waals surface area contributed by atoms with Crippen molar-refractivity contribution in [3.63, 3.8) is 0 Å². The predicted octanol–water partition coefficient (Wildman–Crippen LogP) is 3.73. The van der Waals surface area contributed by atoms with Crippen molar-refractivity contribution < 1.29 is 4.79 Å². The summed E-state index contributed by atoms with van der Waals surface area (Å²) in [6, 6.07) is 7.95. The third-order valence-electron chi connectivity index (χ3n) is 4.62. The monoisotopic (exact) mass is 364 g/mol. The fourth-order valence-electron chi connectivity index (χ4n) is 3.29. The first-order valence-corrected chi connectivity index (χ1v) is 9.75. The zero-order valence-corrected chi connectivity index (χ0v) is 15.2. The highest BCUT2D eigenvalue weighted by Gasteiger charge is 2.24. The topological polar surface area (TPSA) is 67.8 Å². The number of pyridine rings is 1. The molecule has 1 aliphatic carbocycles. The second kappa shape index (κ2) is 7.74. The normalized spacial score (nSPS) is 16.1. The van der Waals surface area contributed by atoms with Gasteiger partial charge in [-0.3, -0.25) is 9.78 Å². The minimum atomic E-state index is 0.0116. The van der Waals surface area contributed by atoms with Crippen molar-refractivity contribution in [1.82, 2.24) is 20.3 Å². The molecular weight excluding hydrogens is 344 g/mol. The van der Waals surface area contributed by atoms with Crippen molar-refractivity contribution in [2.45, 2.75) is 38.1 Å². The summed E-state index contributed by atoms with van der Waals surface area (Å²) in [7, 11) is 0. The van der Waals surface area contributed by atoms with Gasteiger partial charge in [0.1, 0.15) is 0 Å². The van der Waals surface area contributed by atoms with Crippen molar-refractivity contribution in [1.29, 1.82) is 0 Å². The molecule has 0 saturated heterocycles. The van der Waals surface area contributed by atoms with Crippen LogP contribution in [0.1, 0.15) is 41.4 Å². The van der Waals surface area contributed by atoms with Gasteiger partial charge in [0.05, 0.1) is 6.04 Å². The van der Waals surface area contributed by atoms with E-state index in [1.165, 1.54) is 4.88 Å². The first-order valence-electron chi connectivity index (χ1n) is 8.87. The highest BCUT2D eigenvalue weighted by molar-refractivity contribution is 7.09. The van der Waals surface area contributed by atoms with Gasteiger partial charge in [-0.25, -0.2) is 9.97 Å². The van der Waals surface area contributed by atoms with E-state index in [9.17, 15) is 4.79 Å². The van der Waals surface area contributed by atoms with Crippen LogP contribution in [-0.2, 0) is 17.6 Å². The second-order valence-electron chi connectivity index (χ2n) is 6.43. The molecule has 0 spiro atoms. The number of amides is 1. The number of carbonyl (C=O) groups is 1. The average molecular weight is 364 g/mol. The summed E-state index contributed by atoms with van der Waals surface area (Å²) in [5.74, 6) is 0.786. The minimum absolute atomic E-state index is 0.0116. The third-order valence-corrected chi connectivity index (χ3v) is 5.55. The van der Waals surface area contributed by atoms with Crippen molar-refractivity contribution in [3.8, 4) is 11.4 Å². The number of thiophene rings is 1. The summed E-state index contributed by atoms with van der Waals surface area (Å²) < 4.78 is 0. The van der Waals surface area contributed by atoms with Gasteiger partial charge in [-0.2, -0.15) is 0 Å². The van der Waals surface area contributed by atoms with Crippen LogP contribution in [0.2, 0.25) is 0 Å². The molecule has 5 nitrogen and oxygen atoms in total. The predicted molar refractivity (Wildman–Crippen MR) is 102 cm³/mol. The Morgan fingerprint density at radius 2 is 2.23 bits per heavy atom. The van der Waals surface area contributed by atoms with Crippen LogP contribution in [0, 0.1) is 0 Å². The number of aromatic nitrogens is 3. The van der Waals surface area contributed by atoms with Crippen LogP contribution in [0.25, 0.3) is 11.4 Å². The Morgan fingerprint density at radius 1 is 1.27 bits per heavy atom. The van der Waals surface area contributed by atoms with E-state index in [0.717, 1.165) is 42.5 Å². The molecule has 0 aliphatic heterocycles. The quantitative estimate of drug-likeness (QED) is 0.749. The van der Waals surface area contributed by atoms with Gasteiger partial charge in [-0.15, -0.1) is 11.3 Å². The van der Waals surface area contributed by atoms with E-state index in [1.54, 1.807) is 23.7 Å². The van der Waals surface area contributed by atoms with E-state index >= 15 is 0 Å². The molecule has 3 aromatic heterocycles. The maximum Gasteiger partial charge on any atom is 0.220 e. The van der Waals surface area contributed by atoms with E-state index in [4.69, 9.17) is 4.98 Å². The first kappa shape index (κ1) is 16.8. The lowest BCUT2D eigenvalue weighted by Gasteiger charge is -2.25. The highest BCUT2D eigenvalue weighted by atomic mass is 32.1. The average Bonchev–Trinajstić information content (AvgIpc) is 3.21. The number of aryl methyl sites for hydroxylation is 2. The van der Waals surface area contributed by atoms with Gasteiger partial charge in [0.2, 0.25) is 5.91 Å². The Bertz CT molecular complexity index is 880. The van der Waals surface area contributed by atoms with Crippen LogP contribution in [0.4, 0.5) is 0 Å². The largest absolute Gasteiger partial charge is 0.349 e. The van der Waals surface area contributed by atoms with E-state index < -0.39 is 0 Å². The van der Waals surface area contributed by atoms with Crippen molar-refractivity contribution in [3.05, 3.63) is 64.4 Å². The molecule has 0 saturated carbocycles. The van der Waals surface area contributed by atoms with E-state index in [0.29, 0.717) is 12.2 Å². The molecule has 1 atom stereocenters. The molecular formula is C20H20N4OS. The number of hydrogen-bond donors (Lipinski definition) is 1. The number of carbonyl (C=O) groups excluding carboxylic acids is 1. The fourth-order valence-corrected chi connectivity index (χ4v) is 4.00. The Kier molecular flexibility index (Phi) is 5.02. The summed E-state index contributed by atoms with van der Waals surface area (Å²) in [5, 5.41) is 5.21. The molecule has 1 unspecified atom stereocenters. The van der Waals surface area contributed by atoms with E-state index in [-0.39, 0.29) is 11.9 Å². The van der Waals surface area contributed by atoms with Crippen LogP contribution in [0.15, 0.2) is 48.2 Å². The van der Waals surface area contributed by atoms with E-state index in [1.807, 2.05) is 29.8 Å². The summed E-state index contributed by atoms with van der Waals surface area (Å²) in [4.78, 5) is 27.0. The molecule has 1 N–H and O–H groups in total. The Hall–Kier alpha value is -2.60. The SMILES string of the molecule is O=C(CCc1cccs1)NC1CCCc2nc(-c3cccnc3)ncc21. The van der Waals surface area contributed by atoms with Crippen molar-refractivity contribution in [2.24, 2.45) is 0 Å². The molecule has 6 heteroatoms. The molecule has 0 aromatic carbocycles. The number of fused-ring (bicyclic) bond motifs is 1. The van der Waals surface area contributed by atoms with E-state index in [2.05, 4.69) is 21.4 Å². The van der Waals surface area contributed by atoms with Gasteiger partial charge in [-0.05, 0) is 49.3 Å². The number of nitrogens with one attached hydrogen (secondary N) is 1. The molecule has 132 valence electrons. The summed E-state index contributed by atoms with van der Waals surface area (Å²) in [6.45, 7) is 0. The van der Waals surface area contributed by atoms with Crippen LogP contribution < -0.4 is 5.32 Å². The number of rotatable bonds is 5. The second-order valence-corrected chi connectivity index (χ2v) is 7.46. The van der Waals surface area contributed by atoms with Gasteiger partial charge in [0.25, 0.3) is 0 Å². The lowest BCUT2D eigenvalue weighted by atomic mass is 9.92. The van der Waals surface area contributed by atoms with Crippen molar-refractivity contribution in [2.75, 3.05) is 0 Å². The smallest absolute Gasteiger partial charge is 0.220 e. The summed E-state index contributed by atoms with van der Waals surface area (Å²) >= 11 is 1.69. The van der Waals surface area contributed by atoms with Gasteiger partial charge in [0.15, 0.2) is 5.82 Å². The molecule has 1 aliphatic rings. The van der Waals surface area contributed by atoms with Gasteiger partial charge in [0, 0.05) is 46.7 Å². The van der Waals surface area contributed by atoms with Gasteiger partial charge in [-0.1, -0.05) is 6.07 Å². The molecule has 3 aromatic rings. The zero-order chi connectivity index (χ0) is 17.8. The fraction of sp³-hybridized carbons (Fsp3) is 0.300. The van der Waals surface area contributed by atoms with Gasteiger partial charge >= 0.3 is 0 Å². The molecule has 4 rings (SSSR count). The lowest BCUT2D eigenvalue weighted by Crippen LogP contribution is -2.31. The molecule has 1 amide bonds. The molecule has 0 radical (unpaired) electrons. The summed E-state index contributed by atoms with van der Waals surface area (Å²) in [5.41, 5.74) is 3.00. The third kappa shape index (κ3) is 3.80. The van der Waals surface area contributed by atoms with Crippen LogP contribution in [-0.4, -0.2) is 20.9 Å². The number of nitrogens with zero attached hydrogens (tertiary/aromatic N) is 3. The molecule has 0 fully saturated rings. The Morgan fingerprint density at radius 3 is 3.04 bits per heavy atom. The highest BCUT2D eigenvalue weighted by Crippen LogP contribution is 2.29.